The van der Waals surface area contributed by atoms with Gasteiger partial charge >= 0.3 is 0 Å². The molecule has 0 bridgehead atoms. The minimum Gasteiger partial charge on any atom is -0.453 e. The molecular weight excluding hydrogens is 547 g/mol. The Balaban J connectivity index is 1.24. The molecule has 0 unspecified atom stereocenters. The first-order valence-electron chi connectivity index (χ1n) is 12.7. The Kier molecular flexibility index (Phi) is 7.49. The van der Waals surface area contributed by atoms with Gasteiger partial charge in [0.2, 0.25) is 5.91 Å². The van der Waals surface area contributed by atoms with Crippen LogP contribution in [0.5, 0.6) is 11.5 Å². The quantitative estimate of drug-likeness (QED) is 0.212. The Morgan fingerprint density at radius 3 is 2.72 bits per heavy atom. The van der Waals surface area contributed by atoms with Crippen LogP contribution in [0.25, 0.3) is 10.2 Å². The molecule has 5 aromatic rings. The van der Waals surface area contributed by atoms with E-state index < -0.39 is 0 Å². The van der Waals surface area contributed by atoms with Crippen LogP contribution in [-0.2, 0) is 4.79 Å². The van der Waals surface area contributed by atoms with Crippen LogP contribution in [-0.4, -0.2) is 38.8 Å². The molecule has 1 N–H and O–H groups in total. The molecule has 1 aromatic carbocycles. The maximum absolute atomic E-state index is 11.7. The summed E-state index contributed by atoms with van der Waals surface area (Å²) >= 11 is 4.93. The number of fused-ring (bicyclic) bond motifs is 1. The summed E-state index contributed by atoms with van der Waals surface area (Å²) in [6, 6.07) is 13.8. The maximum Gasteiger partial charge on any atom is 0.219 e. The minimum absolute atomic E-state index is 0.145. The van der Waals surface area contributed by atoms with Gasteiger partial charge in [0.15, 0.2) is 16.7 Å². The highest BCUT2D eigenvalue weighted by molar-refractivity contribution is 7.99. The number of rotatable bonds is 7. The van der Waals surface area contributed by atoms with Crippen LogP contribution < -0.4 is 10.1 Å². The molecule has 0 atom stereocenters. The van der Waals surface area contributed by atoms with E-state index in [4.69, 9.17) is 14.7 Å². The highest BCUT2D eigenvalue weighted by atomic mass is 32.2. The van der Waals surface area contributed by atoms with Crippen molar-refractivity contribution < 1.29 is 9.53 Å². The number of aromatic nitrogens is 3. The van der Waals surface area contributed by atoms with Crippen LogP contribution in [0.2, 0.25) is 0 Å². The molecule has 10 heteroatoms. The average Bonchev–Trinajstić information content (AvgIpc) is 3.58. The Labute approximate surface area is 239 Å². The summed E-state index contributed by atoms with van der Waals surface area (Å²) in [5, 5.41) is 8.42. The van der Waals surface area contributed by atoms with Gasteiger partial charge in [-0.2, -0.15) is 0 Å². The number of carbonyl (C=O) groups is 1. The van der Waals surface area contributed by atoms with E-state index in [0.29, 0.717) is 17.5 Å². The number of ether oxygens (including phenoxy) is 1. The fourth-order valence-electron chi connectivity index (χ4n) is 4.63. The van der Waals surface area contributed by atoms with E-state index in [1.165, 1.54) is 10.3 Å². The van der Waals surface area contributed by atoms with E-state index in [-0.39, 0.29) is 5.91 Å². The van der Waals surface area contributed by atoms with Crippen LogP contribution >= 0.6 is 34.4 Å². The standard InChI is InChI=1S/C29H27N5O2S3/c1-18-16-37-27-25(8-11-30-26(18)27)39-22-14-24(36-21-6-4-3-5-7-21)28(31-15-22)33-29-32-23(17-38-29)20-9-12-34(13-10-20)19(2)35/h3-8,11,14-17,20H,9-10,12-13H2,1-2H3,(H,31,32,33). The number of aryl methyl sites for hydroxylation is 1. The van der Waals surface area contributed by atoms with Gasteiger partial charge < -0.3 is 15.0 Å². The smallest absolute Gasteiger partial charge is 0.219 e. The number of pyridine rings is 2. The summed E-state index contributed by atoms with van der Waals surface area (Å²) in [6.45, 7) is 5.29. The van der Waals surface area contributed by atoms with Gasteiger partial charge in [0.05, 0.1) is 15.9 Å². The van der Waals surface area contributed by atoms with Gasteiger partial charge in [-0.1, -0.05) is 30.0 Å². The van der Waals surface area contributed by atoms with Crippen molar-refractivity contribution in [3.8, 4) is 11.5 Å². The highest BCUT2D eigenvalue weighted by Crippen LogP contribution is 2.40. The first kappa shape index (κ1) is 25.8. The Hall–Kier alpha value is -3.47. The maximum atomic E-state index is 11.7. The molecule has 1 amide bonds. The third kappa shape index (κ3) is 5.78. The summed E-state index contributed by atoms with van der Waals surface area (Å²) < 4.78 is 7.48. The minimum atomic E-state index is 0.145. The molecule has 39 heavy (non-hydrogen) atoms. The van der Waals surface area contributed by atoms with Crippen molar-refractivity contribution in [2.75, 3.05) is 18.4 Å². The zero-order valence-corrected chi connectivity index (χ0v) is 24.0. The van der Waals surface area contributed by atoms with Crippen molar-refractivity contribution in [1.29, 1.82) is 0 Å². The van der Waals surface area contributed by atoms with Gasteiger partial charge in [-0.05, 0) is 48.9 Å². The largest absolute Gasteiger partial charge is 0.453 e. The SMILES string of the molecule is CC(=O)N1CCC(c2csc(Nc3ncc(Sc4ccnc5c(C)csc45)cc3Oc3ccccc3)n2)CC1. The number of hydrogen-bond donors (Lipinski definition) is 1. The van der Waals surface area contributed by atoms with E-state index in [1.54, 1.807) is 41.4 Å². The number of anilines is 2. The highest BCUT2D eigenvalue weighted by Gasteiger charge is 2.24. The number of nitrogens with one attached hydrogen (secondary N) is 1. The lowest BCUT2D eigenvalue weighted by molar-refractivity contribution is -0.129. The van der Waals surface area contributed by atoms with Crippen molar-refractivity contribution in [2.24, 2.45) is 0 Å². The third-order valence-electron chi connectivity index (χ3n) is 6.73. The molecular formula is C29H27N5O2S3. The number of thiophene rings is 1. The van der Waals surface area contributed by atoms with Crippen molar-refractivity contribution in [3.05, 3.63) is 76.9 Å². The molecule has 0 aliphatic carbocycles. The second-order valence-electron chi connectivity index (χ2n) is 9.42. The molecule has 1 fully saturated rings. The summed E-state index contributed by atoms with van der Waals surface area (Å²) in [7, 11) is 0. The predicted molar refractivity (Wildman–Crippen MR) is 159 cm³/mol. The molecule has 1 aliphatic rings. The van der Waals surface area contributed by atoms with Gasteiger partial charge in [-0.25, -0.2) is 9.97 Å². The molecule has 198 valence electrons. The number of hydrogen-bond acceptors (Lipinski definition) is 9. The number of piperidine rings is 1. The van der Waals surface area contributed by atoms with E-state index in [2.05, 4.69) is 28.0 Å². The number of thiazole rings is 1. The molecule has 0 spiro atoms. The van der Waals surface area contributed by atoms with E-state index in [9.17, 15) is 4.79 Å². The lowest BCUT2D eigenvalue weighted by Crippen LogP contribution is -2.36. The molecule has 1 saturated heterocycles. The Morgan fingerprint density at radius 2 is 1.92 bits per heavy atom. The van der Waals surface area contributed by atoms with Gasteiger partial charge in [-0.15, -0.1) is 22.7 Å². The van der Waals surface area contributed by atoms with Gasteiger partial charge in [0.1, 0.15) is 5.75 Å². The summed E-state index contributed by atoms with van der Waals surface area (Å²) in [5.74, 6) is 2.48. The number of nitrogens with zero attached hydrogens (tertiary/aromatic N) is 4. The van der Waals surface area contributed by atoms with Crippen molar-refractivity contribution in [3.63, 3.8) is 0 Å². The predicted octanol–water partition coefficient (Wildman–Crippen LogP) is 7.87. The molecule has 0 saturated carbocycles. The number of amides is 1. The molecule has 5 heterocycles. The van der Waals surface area contributed by atoms with Crippen LogP contribution in [0.15, 0.2) is 75.4 Å². The second-order valence-corrected chi connectivity index (χ2v) is 12.3. The van der Waals surface area contributed by atoms with Crippen LogP contribution in [0.4, 0.5) is 10.9 Å². The average molecular weight is 574 g/mol. The normalized spacial score (nSPS) is 14.1. The number of likely N-dealkylation sites (tertiary alicyclic amines) is 1. The molecule has 7 nitrogen and oxygen atoms in total. The van der Waals surface area contributed by atoms with Crippen LogP contribution in [0.3, 0.4) is 0 Å². The first-order valence-corrected chi connectivity index (χ1v) is 15.3. The van der Waals surface area contributed by atoms with Gasteiger partial charge in [0, 0.05) is 59.6 Å². The van der Waals surface area contributed by atoms with Gasteiger partial charge in [0.25, 0.3) is 0 Å². The molecule has 4 aromatic heterocycles. The summed E-state index contributed by atoms with van der Waals surface area (Å²) in [5.41, 5.74) is 3.30. The lowest BCUT2D eigenvalue weighted by atomic mass is 9.94. The second kappa shape index (κ2) is 11.3. The zero-order chi connectivity index (χ0) is 26.8. The summed E-state index contributed by atoms with van der Waals surface area (Å²) in [6.07, 6.45) is 5.59. The Bertz CT molecular complexity index is 1610. The van der Waals surface area contributed by atoms with Crippen molar-refractivity contribution in [2.45, 2.75) is 42.4 Å². The van der Waals surface area contributed by atoms with E-state index in [0.717, 1.165) is 57.8 Å². The first-order chi connectivity index (χ1) is 19.0. The van der Waals surface area contributed by atoms with Crippen LogP contribution in [0, 0.1) is 6.92 Å². The Morgan fingerprint density at radius 1 is 1.10 bits per heavy atom. The number of para-hydroxylation sites is 1. The lowest BCUT2D eigenvalue weighted by Gasteiger charge is -2.30. The fourth-order valence-corrected chi connectivity index (χ4v) is 7.45. The monoisotopic (exact) mass is 573 g/mol. The topological polar surface area (TPSA) is 80.2 Å². The zero-order valence-electron chi connectivity index (χ0n) is 21.6. The number of carbonyl (C=O) groups excluding carboxylic acids is 1. The molecule has 6 rings (SSSR count). The molecule has 1 aliphatic heterocycles. The van der Waals surface area contributed by atoms with Crippen molar-refractivity contribution >= 4 is 61.5 Å². The fraction of sp³-hybridized carbons (Fsp3) is 0.241. The molecule has 0 radical (unpaired) electrons. The van der Waals surface area contributed by atoms with Gasteiger partial charge in [-0.3, -0.25) is 9.78 Å². The van der Waals surface area contributed by atoms with E-state index >= 15 is 0 Å². The van der Waals surface area contributed by atoms with Crippen molar-refractivity contribution in [1.82, 2.24) is 19.9 Å². The summed E-state index contributed by atoms with van der Waals surface area (Å²) in [4.78, 5) is 29.9. The number of benzene rings is 1. The third-order valence-corrected chi connectivity index (χ3v) is 9.77. The van der Waals surface area contributed by atoms with Crippen LogP contribution in [0.1, 0.15) is 36.9 Å². The van der Waals surface area contributed by atoms with E-state index in [1.807, 2.05) is 59.8 Å².